The number of rotatable bonds is 2. The topological polar surface area (TPSA) is 48.8 Å². The van der Waals surface area contributed by atoms with Crippen molar-refractivity contribution in [3.63, 3.8) is 0 Å². The van der Waals surface area contributed by atoms with Crippen LogP contribution in [0.25, 0.3) is 10.9 Å². The van der Waals surface area contributed by atoms with Gasteiger partial charge in [-0.2, -0.15) is 5.26 Å². The summed E-state index contributed by atoms with van der Waals surface area (Å²) in [6, 6.07) is 8.52. The van der Waals surface area contributed by atoms with Gasteiger partial charge in [0.15, 0.2) is 0 Å². The molecule has 3 rings (SSSR count). The molecule has 1 aromatic heterocycles. The van der Waals surface area contributed by atoms with Crippen molar-refractivity contribution < 1.29 is 4.74 Å². The van der Waals surface area contributed by atoms with E-state index in [0.717, 1.165) is 35.9 Å². The van der Waals surface area contributed by atoms with E-state index in [-0.39, 0.29) is 5.92 Å². The molecule has 0 bridgehead atoms. The Morgan fingerprint density at radius 3 is 3.17 bits per heavy atom. The van der Waals surface area contributed by atoms with Crippen molar-refractivity contribution in [3.8, 4) is 11.8 Å². The zero-order valence-corrected chi connectivity index (χ0v) is 10.5. The molecule has 0 aliphatic heterocycles. The number of hydrogen-bond acceptors (Lipinski definition) is 2. The van der Waals surface area contributed by atoms with Gasteiger partial charge in [0, 0.05) is 16.6 Å². The van der Waals surface area contributed by atoms with Crippen molar-refractivity contribution >= 4 is 10.9 Å². The van der Waals surface area contributed by atoms with Gasteiger partial charge < -0.3 is 9.72 Å². The number of benzene rings is 1. The first kappa shape index (κ1) is 11.2. The monoisotopic (exact) mass is 240 g/mol. The fourth-order valence-electron chi connectivity index (χ4n) is 2.86. The molecule has 1 aliphatic carbocycles. The quantitative estimate of drug-likeness (QED) is 0.873. The molecule has 2 aromatic rings. The number of hydrogen-bond donors (Lipinski definition) is 1. The van der Waals surface area contributed by atoms with Gasteiger partial charge in [-0.05, 0) is 49.9 Å². The lowest BCUT2D eigenvalue weighted by Gasteiger charge is -2.16. The van der Waals surface area contributed by atoms with Crippen LogP contribution in [0, 0.1) is 11.3 Å². The van der Waals surface area contributed by atoms with E-state index in [1.165, 1.54) is 11.3 Å². The number of ether oxygens (including phenoxy) is 1. The van der Waals surface area contributed by atoms with Crippen molar-refractivity contribution in [1.29, 1.82) is 5.26 Å². The Labute approximate surface area is 106 Å². The number of nitriles is 1. The summed E-state index contributed by atoms with van der Waals surface area (Å²) in [7, 11) is 0. The highest BCUT2D eigenvalue weighted by Gasteiger charge is 2.24. The highest BCUT2D eigenvalue weighted by Crippen LogP contribution is 2.37. The average Bonchev–Trinajstić information content (AvgIpc) is 2.77. The molecule has 1 unspecified atom stereocenters. The lowest BCUT2D eigenvalue weighted by Crippen LogP contribution is -2.06. The first-order chi connectivity index (χ1) is 8.83. The molecule has 1 aromatic carbocycles. The molecule has 0 amide bonds. The van der Waals surface area contributed by atoms with E-state index in [4.69, 9.17) is 4.74 Å². The zero-order valence-electron chi connectivity index (χ0n) is 10.5. The standard InChI is InChI=1S/C15H16N2O/c1-2-18-11-6-7-13-12(8-11)15-10(9-16)4-3-5-14(15)17-13/h6-8,10,17H,2-5H2,1H3. The van der Waals surface area contributed by atoms with E-state index in [9.17, 15) is 5.26 Å². The molecule has 0 spiro atoms. The minimum atomic E-state index is 0.0272. The number of fused-ring (bicyclic) bond motifs is 3. The third kappa shape index (κ3) is 1.65. The number of aromatic nitrogens is 1. The maximum atomic E-state index is 9.29. The van der Waals surface area contributed by atoms with Crippen LogP contribution in [0.5, 0.6) is 5.75 Å². The van der Waals surface area contributed by atoms with E-state index < -0.39 is 0 Å². The van der Waals surface area contributed by atoms with Crippen LogP contribution >= 0.6 is 0 Å². The predicted molar refractivity (Wildman–Crippen MR) is 70.8 cm³/mol. The molecule has 0 fully saturated rings. The third-order valence-electron chi connectivity index (χ3n) is 3.63. The summed E-state index contributed by atoms with van der Waals surface area (Å²) in [5, 5.41) is 10.4. The lowest BCUT2D eigenvalue weighted by molar-refractivity contribution is 0.340. The summed E-state index contributed by atoms with van der Waals surface area (Å²) in [6.07, 6.45) is 3.11. The van der Waals surface area contributed by atoms with Crippen molar-refractivity contribution in [1.82, 2.24) is 4.98 Å². The second-order valence-corrected chi connectivity index (χ2v) is 4.73. The molecular formula is C15H16N2O. The summed E-state index contributed by atoms with van der Waals surface area (Å²) < 4.78 is 5.55. The van der Waals surface area contributed by atoms with Gasteiger partial charge in [-0.1, -0.05) is 0 Å². The number of aromatic amines is 1. The lowest BCUT2D eigenvalue weighted by atomic mass is 9.86. The molecular weight excluding hydrogens is 224 g/mol. The summed E-state index contributed by atoms with van der Waals surface area (Å²) in [5.74, 6) is 0.911. The number of nitrogens with one attached hydrogen (secondary N) is 1. The Morgan fingerprint density at radius 1 is 1.50 bits per heavy atom. The largest absolute Gasteiger partial charge is 0.494 e. The summed E-state index contributed by atoms with van der Waals surface area (Å²) in [6.45, 7) is 2.65. The first-order valence-corrected chi connectivity index (χ1v) is 6.50. The fraction of sp³-hybridized carbons (Fsp3) is 0.400. The van der Waals surface area contributed by atoms with Gasteiger partial charge in [0.1, 0.15) is 5.75 Å². The van der Waals surface area contributed by atoms with Crippen LogP contribution in [-0.2, 0) is 6.42 Å². The molecule has 3 heteroatoms. The van der Waals surface area contributed by atoms with E-state index in [0.29, 0.717) is 6.61 Å². The smallest absolute Gasteiger partial charge is 0.120 e. The van der Waals surface area contributed by atoms with Gasteiger partial charge in [-0.3, -0.25) is 0 Å². The molecule has 3 nitrogen and oxygen atoms in total. The molecule has 0 radical (unpaired) electrons. The highest BCUT2D eigenvalue weighted by molar-refractivity contribution is 5.87. The van der Waals surface area contributed by atoms with Crippen LogP contribution in [-0.4, -0.2) is 11.6 Å². The van der Waals surface area contributed by atoms with Gasteiger partial charge in [-0.15, -0.1) is 0 Å². The molecule has 1 atom stereocenters. The molecule has 0 saturated carbocycles. The number of aryl methyl sites for hydroxylation is 1. The summed E-state index contributed by atoms with van der Waals surface area (Å²) in [5.41, 5.74) is 3.54. The van der Waals surface area contributed by atoms with Gasteiger partial charge in [0.05, 0.1) is 18.6 Å². The zero-order chi connectivity index (χ0) is 12.5. The molecule has 1 heterocycles. The van der Waals surface area contributed by atoms with Gasteiger partial charge in [0.25, 0.3) is 0 Å². The summed E-state index contributed by atoms with van der Waals surface area (Å²) in [4.78, 5) is 3.44. The van der Waals surface area contributed by atoms with Crippen molar-refractivity contribution in [2.75, 3.05) is 6.61 Å². The van der Waals surface area contributed by atoms with Crippen LogP contribution in [0.2, 0.25) is 0 Å². The van der Waals surface area contributed by atoms with Crippen LogP contribution in [0.15, 0.2) is 18.2 Å². The Hall–Kier alpha value is -1.95. The van der Waals surface area contributed by atoms with Crippen LogP contribution in [0.1, 0.15) is 36.9 Å². The van der Waals surface area contributed by atoms with Crippen LogP contribution < -0.4 is 4.74 Å². The normalized spacial score (nSPS) is 18.3. The van der Waals surface area contributed by atoms with E-state index >= 15 is 0 Å². The SMILES string of the molecule is CCOc1ccc2[nH]c3c(c2c1)C(C#N)CCC3. The Morgan fingerprint density at radius 2 is 2.39 bits per heavy atom. The second-order valence-electron chi connectivity index (χ2n) is 4.73. The summed E-state index contributed by atoms with van der Waals surface area (Å²) >= 11 is 0. The minimum Gasteiger partial charge on any atom is -0.494 e. The number of H-pyrrole nitrogens is 1. The third-order valence-corrected chi connectivity index (χ3v) is 3.63. The van der Waals surface area contributed by atoms with Gasteiger partial charge >= 0.3 is 0 Å². The average molecular weight is 240 g/mol. The predicted octanol–water partition coefficient (Wildman–Crippen LogP) is 3.51. The molecule has 18 heavy (non-hydrogen) atoms. The fourth-order valence-corrected chi connectivity index (χ4v) is 2.86. The van der Waals surface area contributed by atoms with E-state index in [2.05, 4.69) is 17.1 Å². The molecule has 0 saturated heterocycles. The van der Waals surface area contributed by atoms with Crippen molar-refractivity contribution in [2.24, 2.45) is 0 Å². The number of nitrogens with zero attached hydrogens (tertiary/aromatic N) is 1. The maximum Gasteiger partial charge on any atom is 0.120 e. The van der Waals surface area contributed by atoms with Crippen LogP contribution in [0.3, 0.4) is 0 Å². The minimum absolute atomic E-state index is 0.0272. The Bertz CT molecular complexity index is 621. The highest BCUT2D eigenvalue weighted by atomic mass is 16.5. The van der Waals surface area contributed by atoms with E-state index in [1.54, 1.807) is 0 Å². The maximum absolute atomic E-state index is 9.29. The van der Waals surface area contributed by atoms with Gasteiger partial charge in [-0.25, -0.2) is 0 Å². The first-order valence-electron chi connectivity index (χ1n) is 6.50. The van der Waals surface area contributed by atoms with Gasteiger partial charge in [0.2, 0.25) is 0 Å². The molecule has 1 N–H and O–H groups in total. The van der Waals surface area contributed by atoms with E-state index in [1.807, 2.05) is 19.1 Å². The van der Waals surface area contributed by atoms with Crippen LogP contribution in [0.4, 0.5) is 0 Å². The van der Waals surface area contributed by atoms with Crippen molar-refractivity contribution in [3.05, 3.63) is 29.5 Å². The second kappa shape index (κ2) is 4.38. The Kier molecular flexibility index (Phi) is 2.71. The Balaban J connectivity index is 2.18. The molecule has 92 valence electrons. The molecule has 1 aliphatic rings. The van der Waals surface area contributed by atoms with Crippen molar-refractivity contribution in [2.45, 2.75) is 32.1 Å².